The second-order valence-electron chi connectivity index (χ2n) is 4.19. The van der Waals surface area contributed by atoms with E-state index in [2.05, 4.69) is 25.8 Å². The molecule has 0 spiro atoms. The van der Waals surface area contributed by atoms with Gasteiger partial charge in [0, 0.05) is 31.9 Å². The number of rotatable bonds is 6. The van der Waals surface area contributed by atoms with E-state index in [1.54, 1.807) is 18.5 Å². The highest BCUT2D eigenvalue weighted by Gasteiger charge is 2.08. The van der Waals surface area contributed by atoms with Crippen molar-refractivity contribution >= 4 is 6.03 Å². The molecule has 0 aromatic carbocycles. The highest BCUT2D eigenvalue weighted by Crippen LogP contribution is 2.14. The zero-order valence-corrected chi connectivity index (χ0v) is 11.3. The van der Waals surface area contributed by atoms with Gasteiger partial charge in [-0.3, -0.25) is 4.98 Å². The van der Waals surface area contributed by atoms with Crippen LogP contribution in [-0.2, 0) is 6.42 Å². The van der Waals surface area contributed by atoms with Gasteiger partial charge in [0.15, 0.2) is 5.82 Å². The summed E-state index contributed by atoms with van der Waals surface area (Å²) in [4.78, 5) is 19.6. The van der Waals surface area contributed by atoms with Gasteiger partial charge in [-0.25, -0.2) is 4.79 Å². The maximum atomic E-state index is 11.3. The fourth-order valence-corrected chi connectivity index (χ4v) is 1.55. The van der Waals surface area contributed by atoms with Crippen LogP contribution >= 0.6 is 0 Å². The second-order valence-corrected chi connectivity index (χ2v) is 4.19. The average Bonchev–Trinajstić information content (AvgIpc) is 2.95. The van der Waals surface area contributed by atoms with Crippen molar-refractivity contribution in [1.82, 2.24) is 25.8 Å². The summed E-state index contributed by atoms with van der Waals surface area (Å²) in [6.45, 7) is 3.13. The predicted molar refractivity (Wildman–Crippen MR) is 72.9 cm³/mol. The molecule has 106 valence electrons. The molecule has 0 aliphatic rings. The molecule has 0 fully saturated rings. The molecule has 2 heterocycles. The van der Waals surface area contributed by atoms with Crippen molar-refractivity contribution in [2.45, 2.75) is 19.8 Å². The molecule has 0 saturated carbocycles. The maximum absolute atomic E-state index is 11.3. The molecule has 2 N–H and O–H groups in total. The Morgan fingerprint density at radius 2 is 2.20 bits per heavy atom. The third kappa shape index (κ3) is 4.04. The number of carbonyl (C=O) groups is 1. The highest BCUT2D eigenvalue weighted by molar-refractivity contribution is 5.73. The SMILES string of the molecule is CCCNC(=O)NCCc1noc(-c2cccnc2)n1. The Hall–Kier alpha value is -2.44. The summed E-state index contributed by atoms with van der Waals surface area (Å²) in [5.41, 5.74) is 0.778. The zero-order valence-electron chi connectivity index (χ0n) is 11.3. The Morgan fingerprint density at radius 3 is 2.95 bits per heavy atom. The normalized spacial score (nSPS) is 10.2. The van der Waals surface area contributed by atoms with Crippen LogP contribution in [0.4, 0.5) is 4.79 Å². The van der Waals surface area contributed by atoms with Gasteiger partial charge in [-0.1, -0.05) is 12.1 Å². The molecular weight excluding hydrogens is 258 g/mol. The minimum Gasteiger partial charge on any atom is -0.338 e. The largest absolute Gasteiger partial charge is 0.338 e. The third-order valence-electron chi connectivity index (χ3n) is 2.55. The van der Waals surface area contributed by atoms with Crippen LogP contribution in [0.2, 0.25) is 0 Å². The second kappa shape index (κ2) is 7.22. The van der Waals surface area contributed by atoms with Crippen LogP contribution in [0.5, 0.6) is 0 Å². The van der Waals surface area contributed by atoms with Gasteiger partial charge >= 0.3 is 6.03 Å². The zero-order chi connectivity index (χ0) is 14.2. The lowest BCUT2D eigenvalue weighted by molar-refractivity contribution is 0.241. The van der Waals surface area contributed by atoms with Gasteiger partial charge in [0.1, 0.15) is 0 Å². The number of nitrogens with zero attached hydrogens (tertiary/aromatic N) is 3. The Kier molecular flexibility index (Phi) is 5.05. The van der Waals surface area contributed by atoms with E-state index < -0.39 is 0 Å². The van der Waals surface area contributed by atoms with Crippen LogP contribution in [0, 0.1) is 0 Å². The Morgan fingerprint density at radius 1 is 1.35 bits per heavy atom. The first-order chi connectivity index (χ1) is 9.79. The van der Waals surface area contributed by atoms with Gasteiger partial charge in [-0.2, -0.15) is 4.98 Å². The number of nitrogens with one attached hydrogen (secondary N) is 2. The molecular formula is C13H17N5O2. The molecule has 0 atom stereocenters. The Bertz CT molecular complexity index is 541. The molecule has 2 rings (SSSR count). The van der Waals surface area contributed by atoms with Crippen LogP contribution in [0.15, 0.2) is 29.0 Å². The van der Waals surface area contributed by atoms with Gasteiger partial charge in [-0.05, 0) is 18.6 Å². The first-order valence-corrected chi connectivity index (χ1v) is 6.54. The number of hydrogen-bond acceptors (Lipinski definition) is 5. The van der Waals surface area contributed by atoms with Crippen molar-refractivity contribution in [3.8, 4) is 11.5 Å². The fourth-order valence-electron chi connectivity index (χ4n) is 1.55. The van der Waals surface area contributed by atoms with Crippen molar-refractivity contribution in [1.29, 1.82) is 0 Å². The molecule has 2 amide bonds. The summed E-state index contributed by atoms with van der Waals surface area (Å²) in [6.07, 6.45) is 4.77. The van der Waals surface area contributed by atoms with Gasteiger partial charge in [0.05, 0.1) is 5.56 Å². The quantitative estimate of drug-likeness (QED) is 0.830. The average molecular weight is 275 g/mol. The predicted octanol–water partition coefficient (Wildman–Crippen LogP) is 1.38. The number of pyridine rings is 1. The monoisotopic (exact) mass is 275 g/mol. The Balaban J connectivity index is 1.80. The molecule has 20 heavy (non-hydrogen) atoms. The smallest absolute Gasteiger partial charge is 0.314 e. The van der Waals surface area contributed by atoms with Crippen LogP contribution in [-0.4, -0.2) is 34.2 Å². The Labute approximate surface area is 116 Å². The van der Waals surface area contributed by atoms with Crippen LogP contribution in [0.25, 0.3) is 11.5 Å². The number of carbonyl (C=O) groups excluding carboxylic acids is 1. The third-order valence-corrected chi connectivity index (χ3v) is 2.55. The molecule has 7 heteroatoms. The standard InChI is InChI=1S/C13H17N5O2/c1-2-6-15-13(19)16-8-5-11-17-12(20-18-11)10-4-3-7-14-9-10/h3-4,7,9H,2,5-6,8H2,1H3,(H2,15,16,19). The van der Waals surface area contributed by atoms with E-state index in [9.17, 15) is 4.79 Å². The molecule has 2 aromatic rings. The minimum absolute atomic E-state index is 0.178. The van der Waals surface area contributed by atoms with E-state index in [-0.39, 0.29) is 6.03 Å². The summed E-state index contributed by atoms with van der Waals surface area (Å²) in [6, 6.07) is 3.47. The van der Waals surface area contributed by atoms with Crippen LogP contribution in [0.3, 0.4) is 0 Å². The van der Waals surface area contributed by atoms with Crippen molar-refractivity contribution in [3.63, 3.8) is 0 Å². The fraction of sp³-hybridized carbons (Fsp3) is 0.385. The van der Waals surface area contributed by atoms with Crippen LogP contribution < -0.4 is 10.6 Å². The lowest BCUT2D eigenvalue weighted by Gasteiger charge is -2.04. The molecule has 7 nitrogen and oxygen atoms in total. The van der Waals surface area contributed by atoms with Crippen molar-refractivity contribution in [2.24, 2.45) is 0 Å². The summed E-state index contributed by atoms with van der Waals surface area (Å²) in [7, 11) is 0. The summed E-state index contributed by atoms with van der Waals surface area (Å²) in [5.74, 6) is 0.989. The number of aromatic nitrogens is 3. The molecule has 0 unspecified atom stereocenters. The summed E-state index contributed by atoms with van der Waals surface area (Å²) >= 11 is 0. The van der Waals surface area contributed by atoms with Crippen molar-refractivity contribution < 1.29 is 9.32 Å². The van der Waals surface area contributed by atoms with Crippen molar-refractivity contribution in [3.05, 3.63) is 30.4 Å². The van der Waals surface area contributed by atoms with E-state index in [0.29, 0.717) is 31.2 Å². The first kappa shape index (κ1) is 14.0. The molecule has 0 aliphatic heterocycles. The molecule has 2 aromatic heterocycles. The lowest BCUT2D eigenvalue weighted by atomic mass is 10.3. The van der Waals surface area contributed by atoms with E-state index in [4.69, 9.17) is 4.52 Å². The molecule has 0 bridgehead atoms. The first-order valence-electron chi connectivity index (χ1n) is 6.54. The summed E-state index contributed by atoms with van der Waals surface area (Å²) in [5, 5.41) is 9.32. The summed E-state index contributed by atoms with van der Waals surface area (Å²) < 4.78 is 5.14. The van der Waals surface area contributed by atoms with E-state index in [1.807, 2.05) is 13.0 Å². The number of hydrogen-bond donors (Lipinski definition) is 2. The maximum Gasteiger partial charge on any atom is 0.314 e. The van der Waals surface area contributed by atoms with Gasteiger partial charge in [-0.15, -0.1) is 0 Å². The van der Waals surface area contributed by atoms with E-state index >= 15 is 0 Å². The van der Waals surface area contributed by atoms with Gasteiger partial charge in [0.25, 0.3) is 5.89 Å². The van der Waals surface area contributed by atoms with Gasteiger partial charge in [0.2, 0.25) is 0 Å². The molecule has 0 saturated heterocycles. The highest BCUT2D eigenvalue weighted by atomic mass is 16.5. The van der Waals surface area contributed by atoms with E-state index in [0.717, 1.165) is 12.0 Å². The van der Waals surface area contributed by atoms with E-state index in [1.165, 1.54) is 0 Å². The molecule has 0 aliphatic carbocycles. The van der Waals surface area contributed by atoms with Crippen molar-refractivity contribution in [2.75, 3.05) is 13.1 Å². The minimum atomic E-state index is -0.178. The number of amides is 2. The van der Waals surface area contributed by atoms with Gasteiger partial charge < -0.3 is 15.2 Å². The number of urea groups is 1. The molecule has 0 radical (unpaired) electrons. The van der Waals surface area contributed by atoms with Crippen LogP contribution in [0.1, 0.15) is 19.2 Å². The topological polar surface area (TPSA) is 92.9 Å². The lowest BCUT2D eigenvalue weighted by Crippen LogP contribution is -2.37.